The van der Waals surface area contributed by atoms with Crippen molar-refractivity contribution in [1.82, 2.24) is 14.5 Å². The summed E-state index contributed by atoms with van der Waals surface area (Å²) in [6, 6.07) is 1.55. The summed E-state index contributed by atoms with van der Waals surface area (Å²) in [5.41, 5.74) is 10.3. The molecule has 3 rings (SSSR count). The van der Waals surface area contributed by atoms with Gasteiger partial charge in [0.25, 0.3) is 5.56 Å². The first kappa shape index (κ1) is 16.5. The number of aliphatic hydroxyl groups excluding tert-OH is 2. The maximum atomic E-state index is 12.0. The van der Waals surface area contributed by atoms with E-state index in [4.69, 9.17) is 16.2 Å². The largest absolute Gasteiger partial charge is 0.391 e. The van der Waals surface area contributed by atoms with E-state index in [1.54, 1.807) is 19.2 Å². The highest BCUT2D eigenvalue weighted by Gasteiger charge is 2.55. The molecule has 0 saturated carbocycles. The number of hydrogen-bond acceptors (Lipinski definition) is 7. The topological polar surface area (TPSA) is 152 Å². The van der Waals surface area contributed by atoms with Crippen LogP contribution in [0.3, 0.4) is 0 Å². The molecule has 9 nitrogen and oxygen atoms in total. The van der Waals surface area contributed by atoms with Crippen molar-refractivity contribution in [3.8, 4) is 11.8 Å². The lowest BCUT2D eigenvalue weighted by Crippen LogP contribution is -2.54. The van der Waals surface area contributed by atoms with E-state index in [2.05, 4.69) is 21.8 Å². The second kappa shape index (κ2) is 5.61. The molecule has 1 aliphatic heterocycles. The molecule has 7 N–H and O–H groups in total. The molecule has 1 unspecified atom stereocenters. The van der Waals surface area contributed by atoms with Crippen LogP contribution in [0.4, 0.5) is 5.95 Å². The van der Waals surface area contributed by atoms with Crippen LogP contribution in [0.5, 0.6) is 0 Å². The predicted octanol–water partition coefficient (Wildman–Crippen LogP) is -1.33. The summed E-state index contributed by atoms with van der Waals surface area (Å²) in [4.78, 5) is 18.5. The Kier molecular flexibility index (Phi) is 3.85. The van der Waals surface area contributed by atoms with Gasteiger partial charge in [0.05, 0.1) is 11.5 Å². The fourth-order valence-corrected chi connectivity index (χ4v) is 3.03. The van der Waals surface area contributed by atoms with Crippen molar-refractivity contribution in [1.29, 1.82) is 0 Å². The molecule has 128 valence electrons. The highest BCUT2D eigenvalue weighted by molar-refractivity contribution is 5.76. The molecule has 1 aliphatic rings. The quantitative estimate of drug-likeness (QED) is 0.427. The zero-order valence-corrected chi connectivity index (χ0v) is 13.2. The minimum atomic E-state index is -1.48. The van der Waals surface area contributed by atoms with E-state index in [0.29, 0.717) is 5.39 Å². The monoisotopic (exact) mass is 333 g/mol. The van der Waals surface area contributed by atoms with Crippen molar-refractivity contribution in [2.45, 2.75) is 43.9 Å². The van der Waals surface area contributed by atoms with E-state index in [9.17, 15) is 15.0 Å². The van der Waals surface area contributed by atoms with Gasteiger partial charge in [-0.2, -0.15) is 4.98 Å². The highest BCUT2D eigenvalue weighted by Crippen LogP contribution is 2.39. The molecule has 1 fully saturated rings. The Hall–Kier alpha value is -2.38. The van der Waals surface area contributed by atoms with Crippen molar-refractivity contribution >= 4 is 17.0 Å². The fourth-order valence-electron chi connectivity index (χ4n) is 3.03. The van der Waals surface area contributed by atoms with E-state index in [1.165, 1.54) is 11.5 Å². The summed E-state index contributed by atoms with van der Waals surface area (Å²) < 4.78 is 7.27. The van der Waals surface area contributed by atoms with Gasteiger partial charge in [-0.25, -0.2) is 0 Å². The highest BCUT2D eigenvalue weighted by atomic mass is 16.5. The molecule has 0 aromatic carbocycles. The van der Waals surface area contributed by atoms with Crippen LogP contribution in [-0.2, 0) is 4.74 Å². The van der Waals surface area contributed by atoms with Crippen LogP contribution >= 0.6 is 0 Å². The van der Waals surface area contributed by atoms with Gasteiger partial charge in [-0.15, -0.1) is 5.92 Å². The fraction of sp³-hybridized carbons (Fsp3) is 0.467. The lowest BCUT2D eigenvalue weighted by molar-refractivity contribution is -0.0755. The van der Waals surface area contributed by atoms with Crippen LogP contribution < -0.4 is 17.0 Å². The average Bonchev–Trinajstić information content (AvgIpc) is 3.00. The summed E-state index contributed by atoms with van der Waals surface area (Å²) in [5, 5.41) is 20.7. The van der Waals surface area contributed by atoms with Crippen molar-refractivity contribution in [2.24, 2.45) is 5.73 Å². The number of nitrogens with two attached hydrogens (primary N) is 2. The molecule has 2 aromatic heterocycles. The molecular weight excluding hydrogens is 314 g/mol. The SMILES string of the molecule is CC#C[C@@]1(N)C(O)[C@@H]([C@H](C)O)O[C@H]1n1ccc2c(=O)[nH]c(N)nc21. The summed E-state index contributed by atoms with van der Waals surface area (Å²) >= 11 is 0. The number of hydrogen-bond donors (Lipinski definition) is 5. The lowest BCUT2D eigenvalue weighted by atomic mass is 9.90. The number of nitrogen functional groups attached to an aromatic ring is 1. The number of nitrogens with one attached hydrogen (secondary N) is 1. The molecule has 5 atom stereocenters. The van der Waals surface area contributed by atoms with Gasteiger partial charge in [-0.3, -0.25) is 9.78 Å². The predicted molar refractivity (Wildman–Crippen MR) is 86.7 cm³/mol. The van der Waals surface area contributed by atoms with Crippen LogP contribution in [-0.4, -0.2) is 48.6 Å². The van der Waals surface area contributed by atoms with Gasteiger partial charge in [-0.05, 0) is 19.9 Å². The van der Waals surface area contributed by atoms with E-state index >= 15 is 0 Å². The number of fused-ring (bicyclic) bond motifs is 1. The van der Waals surface area contributed by atoms with Crippen LogP contribution in [0, 0.1) is 11.8 Å². The molecule has 9 heteroatoms. The Labute approximate surface area is 137 Å². The Balaban J connectivity index is 2.20. The molecular formula is C15H19N5O4. The zero-order valence-electron chi connectivity index (χ0n) is 13.2. The third-order valence-corrected chi connectivity index (χ3v) is 4.16. The molecule has 2 aromatic rings. The van der Waals surface area contributed by atoms with Gasteiger partial charge in [0.1, 0.15) is 12.2 Å². The molecule has 24 heavy (non-hydrogen) atoms. The molecule has 0 bridgehead atoms. The normalized spacial score (nSPS) is 31.0. The van der Waals surface area contributed by atoms with Crippen molar-refractivity contribution < 1.29 is 14.9 Å². The number of rotatable bonds is 2. The third-order valence-electron chi connectivity index (χ3n) is 4.16. The second-order valence-electron chi connectivity index (χ2n) is 5.86. The van der Waals surface area contributed by atoms with Gasteiger partial charge >= 0.3 is 0 Å². The van der Waals surface area contributed by atoms with E-state index < -0.39 is 35.6 Å². The molecule has 1 saturated heterocycles. The first-order chi connectivity index (χ1) is 11.3. The Morgan fingerprint density at radius 1 is 1.58 bits per heavy atom. The Morgan fingerprint density at radius 2 is 2.29 bits per heavy atom. The van der Waals surface area contributed by atoms with Crippen molar-refractivity contribution in [3.63, 3.8) is 0 Å². The molecule has 3 heterocycles. The number of aromatic nitrogens is 3. The number of ether oxygens (including phenoxy) is 1. The average molecular weight is 333 g/mol. The standard InChI is InChI=1S/C15H19N5O4/c1-3-5-15(17)10(22)9(7(2)21)24-13(15)20-6-4-8-11(20)18-14(16)19-12(8)23/h4,6-7,9-10,13,21-22H,17H2,1-2H3,(H3,16,18,19,23)/t7-,9+,10?,13+,15+/m0/s1. The summed E-state index contributed by atoms with van der Waals surface area (Å²) in [6.07, 6.45) is -2.52. The Morgan fingerprint density at radius 3 is 2.92 bits per heavy atom. The van der Waals surface area contributed by atoms with Crippen LogP contribution in [0.15, 0.2) is 17.1 Å². The van der Waals surface area contributed by atoms with Crippen LogP contribution in [0.2, 0.25) is 0 Å². The summed E-state index contributed by atoms with van der Waals surface area (Å²) in [7, 11) is 0. The van der Waals surface area contributed by atoms with E-state index in [0.717, 1.165) is 0 Å². The van der Waals surface area contributed by atoms with Gasteiger partial charge in [0.2, 0.25) is 5.95 Å². The van der Waals surface area contributed by atoms with Gasteiger partial charge in [0, 0.05) is 6.20 Å². The molecule has 0 aliphatic carbocycles. The number of aliphatic hydroxyl groups is 2. The summed E-state index contributed by atoms with van der Waals surface area (Å²) in [6.45, 7) is 3.08. The first-order valence-electron chi connectivity index (χ1n) is 7.40. The second-order valence-corrected chi connectivity index (χ2v) is 5.86. The molecule has 0 amide bonds. The number of anilines is 1. The minimum Gasteiger partial charge on any atom is -0.391 e. The maximum absolute atomic E-state index is 12.0. The van der Waals surface area contributed by atoms with Crippen LogP contribution in [0.1, 0.15) is 20.1 Å². The number of H-pyrrole nitrogens is 1. The van der Waals surface area contributed by atoms with E-state index in [-0.39, 0.29) is 11.6 Å². The lowest BCUT2D eigenvalue weighted by Gasteiger charge is -2.28. The van der Waals surface area contributed by atoms with Crippen LogP contribution in [0.25, 0.3) is 11.0 Å². The first-order valence-corrected chi connectivity index (χ1v) is 7.40. The van der Waals surface area contributed by atoms with Crippen molar-refractivity contribution in [3.05, 3.63) is 22.6 Å². The smallest absolute Gasteiger partial charge is 0.261 e. The Bertz CT molecular complexity index is 893. The molecule has 0 spiro atoms. The van der Waals surface area contributed by atoms with E-state index in [1.807, 2.05) is 0 Å². The van der Waals surface area contributed by atoms with Crippen molar-refractivity contribution in [2.75, 3.05) is 5.73 Å². The third kappa shape index (κ3) is 2.28. The van der Waals surface area contributed by atoms with Gasteiger partial charge in [-0.1, -0.05) is 5.92 Å². The van der Waals surface area contributed by atoms with Gasteiger partial charge in [0.15, 0.2) is 17.4 Å². The number of nitrogens with zero attached hydrogens (tertiary/aromatic N) is 2. The van der Waals surface area contributed by atoms with Gasteiger partial charge < -0.3 is 31.0 Å². The number of aromatic amines is 1. The summed E-state index contributed by atoms with van der Waals surface area (Å²) in [5.74, 6) is 5.39. The minimum absolute atomic E-state index is 0.0535. The zero-order chi connectivity index (χ0) is 17.6. The maximum Gasteiger partial charge on any atom is 0.261 e. The molecule has 0 radical (unpaired) electrons.